The Morgan fingerprint density at radius 2 is 1.53 bits per heavy atom. The van der Waals surface area contributed by atoms with Crippen LogP contribution >= 0.6 is 0 Å². The smallest absolute Gasteiger partial charge is 0.198 e. The second-order valence-electron chi connectivity index (χ2n) is 15.3. The first-order valence-electron chi connectivity index (χ1n) is 19.1. The Bertz CT molecular complexity index is 2990. The van der Waals surface area contributed by atoms with Crippen LogP contribution < -0.4 is 0 Å². The number of alkyl halides is 2. The fraction of sp³-hybridized carbons (Fsp3) is 0.244. The zero-order valence-corrected chi connectivity index (χ0v) is 31.2. The molecular weight excluding hydrogens is 737 g/mol. The molecule has 11 nitrogen and oxygen atoms in total. The largest absolute Gasteiger partial charge is 0.441 e. The Morgan fingerprint density at radius 1 is 0.828 bits per heavy atom. The normalized spacial score (nSPS) is 20.1. The summed E-state index contributed by atoms with van der Waals surface area (Å²) in [5.41, 5.74) is 5.84. The molecule has 0 bridgehead atoms. The van der Waals surface area contributed by atoms with E-state index in [4.69, 9.17) is 8.83 Å². The van der Waals surface area contributed by atoms with Crippen LogP contribution in [0, 0.1) is 35.5 Å². The third kappa shape index (κ3) is 6.44. The van der Waals surface area contributed by atoms with Crippen molar-refractivity contribution in [2.75, 3.05) is 0 Å². The molecule has 0 radical (unpaired) electrons. The van der Waals surface area contributed by atoms with E-state index in [2.05, 4.69) is 42.0 Å². The number of halogens is 2. The topological polar surface area (TPSA) is 156 Å². The molecule has 2 aliphatic carbocycles. The zero-order valence-electron chi connectivity index (χ0n) is 31.2. The van der Waals surface area contributed by atoms with E-state index in [-0.39, 0.29) is 36.0 Å². The molecule has 8 aromatic rings. The highest BCUT2D eigenvalue weighted by molar-refractivity contribution is 5.90. The predicted molar refractivity (Wildman–Crippen MR) is 209 cm³/mol. The highest BCUT2D eigenvalue weighted by Crippen LogP contribution is 2.57. The number of hydrogen-bond donors (Lipinski definition) is 0. The van der Waals surface area contributed by atoms with Gasteiger partial charge in [0, 0.05) is 58.6 Å². The van der Waals surface area contributed by atoms with Crippen LogP contribution in [0.5, 0.6) is 0 Å². The minimum Gasteiger partial charge on any atom is -0.441 e. The molecule has 0 aliphatic heterocycles. The molecule has 2 fully saturated rings. The number of nitriles is 2. The lowest BCUT2D eigenvalue weighted by Crippen LogP contribution is -2.09. The lowest BCUT2D eigenvalue weighted by molar-refractivity contribution is 0.276. The van der Waals surface area contributed by atoms with Gasteiger partial charge in [0.05, 0.1) is 41.4 Å². The van der Waals surface area contributed by atoms with Gasteiger partial charge in [-0.3, -0.25) is 4.98 Å². The van der Waals surface area contributed by atoms with Crippen LogP contribution in [-0.4, -0.2) is 46.1 Å². The lowest BCUT2D eigenvalue weighted by Gasteiger charge is -2.11. The van der Waals surface area contributed by atoms with Gasteiger partial charge >= 0.3 is 0 Å². The van der Waals surface area contributed by atoms with Gasteiger partial charge in [-0.25, -0.2) is 33.7 Å². The third-order valence-corrected chi connectivity index (χ3v) is 11.3. The van der Waals surface area contributed by atoms with Gasteiger partial charge in [-0.1, -0.05) is 12.1 Å². The van der Waals surface area contributed by atoms with Crippen molar-refractivity contribution >= 4 is 16.6 Å². The average Bonchev–Trinajstić information content (AvgIpc) is 3.82. The van der Waals surface area contributed by atoms with E-state index in [9.17, 15) is 14.9 Å². The molecule has 13 heteroatoms. The molecule has 58 heavy (non-hydrogen) atoms. The number of rotatable bonds is 9. The molecule has 284 valence electrons. The summed E-state index contributed by atoms with van der Waals surface area (Å²) in [6.45, 7) is 1.92. The van der Waals surface area contributed by atoms with E-state index in [0.29, 0.717) is 70.3 Å². The van der Waals surface area contributed by atoms with Crippen molar-refractivity contribution in [1.29, 1.82) is 10.5 Å². The van der Waals surface area contributed by atoms with Crippen LogP contribution in [0.2, 0.25) is 0 Å². The van der Waals surface area contributed by atoms with Crippen LogP contribution in [0.1, 0.15) is 66.0 Å². The number of aromatic nitrogens is 7. The van der Waals surface area contributed by atoms with Crippen LogP contribution in [0.3, 0.4) is 0 Å². The summed E-state index contributed by atoms with van der Waals surface area (Å²) in [5.74, 6) is 1.52. The van der Waals surface area contributed by atoms with E-state index in [0.717, 1.165) is 34.3 Å². The van der Waals surface area contributed by atoms with Crippen molar-refractivity contribution in [1.82, 2.24) is 34.3 Å². The van der Waals surface area contributed by atoms with Crippen molar-refractivity contribution in [2.24, 2.45) is 5.92 Å². The first-order valence-corrected chi connectivity index (χ1v) is 19.1. The molecule has 0 spiro atoms. The summed E-state index contributed by atoms with van der Waals surface area (Å²) in [7, 11) is 0. The molecule has 2 aliphatic rings. The van der Waals surface area contributed by atoms with Gasteiger partial charge in [0.2, 0.25) is 0 Å². The molecule has 10 rings (SSSR count). The molecule has 4 atom stereocenters. The molecular formula is C45H33F2N9O2. The fourth-order valence-corrected chi connectivity index (χ4v) is 8.37. The molecule has 1 aromatic carbocycles. The number of benzene rings is 1. The number of imidazole rings is 1. The monoisotopic (exact) mass is 769 g/mol. The van der Waals surface area contributed by atoms with E-state index >= 15 is 4.39 Å². The molecule has 0 amide bonds. The number of pyridine rings is 4. The van der Waals surface area contributed by atoms with Crippen molar-refractivity contribution in [3.63, 3.8) is 0 Å². The zero-order chi connectivity index (χ0) is 39.5. The van der Waals surface area contributed by atoms with Gasteiger partial charge in [-0.2, -0.15) is 10.5 Å². The number of nitrogens with zero attached hydrogens (tertiary/aromatic N) is 9. The van der Waals surface area contributed by atoms with Gasteiger partial charge < -0.3 is 13.2 Å². The molecule has 2 unspecified atom stereocenters. The fourth-order valence-electron chi connectivity index (χ4n) is 8.37. The number of fused-ring (bicyclic) bond motifs is 2. The third-order valence-electron chi connectivity index (χ3n) is 11.3. The predicted octanol–water partition coefficient (Wildman–Crippen LogP) is 9.49. The molecule has 0 N–H and O–H groups in total. The van der Waals surface area contributed by atoms with Gasteiger partial charge in [-0.05, 0) is 92.6 Å². The van der Waals surface area contributed by atoms with E-state index in [1.807, 2.05) is 60.1 Å². The molecule has 7 heterocycles. The van der Waals surface area contributed by atoms with E-state index < -0.39 is 17.8 Å². The van der Waals surface area contributed by atoms with E-state index in [1.54, 1.807) is 42.9 Å². The van der Waals surface area contributed by atoms with Crippen molar-refractivity contribution in [3.05, 3.63) is 126 Å². The number of aryl methyl sites for hydroxylation is 1. The SMILES string of the molecule is Cc1cn2ccc(-c3nc(C#N)ccc3-c3cnc(CC4(F)CC4c4ccnc5cc(-c6nc(C#N)ccc6-c6cnc(C[C@@H]7CC[C@H](F)C7)o6)ccc45)o3)cc2n1. The Kier molecular flexibility index (Phi) is 8.41. The molecule has 0 saturated heterocycles. The Labute approximate surface area is 330 Å². The van der Waals surface area contributed by atoms with Crippen molar-refractivity contribution < 1.29 is 17.6 Å². The van der Waals surface area contributed by atoms with E-state index in [1.165, 1.54) is 0 Å². The van der Waals surface area contributed by atoms with Gasteiger partial charge in [0.1, 0.15) is 41.0 Å². The summed E-state index contributed by atoms with van der Waals surface area (Å²) in [5, 5.41) is 20.1. The summed E-state index contributed by atoms with van der Waals surface area (Å²) >= 11 is 0. The Hall–Kier alpha value is -7.12. The van der Waals surface area contributed by atoms with Gasteiger partial charge in [0.15, 0.2) is 23.3 Å². The first-order chi connectivity index (χ1) is 28.2. The molecule has 7 aromatic heterocycles. The summed E-state index contributed by atoms with van der Waals surface area (Å²) in [6.07, 6.45) is 10.7. The standard InChI is InChI=1S/C45H33F2N9O2/c1-25-24-56-13-11-28(17-40(56)53-25)44-35(9-6-31(21-49)55-44)39-23-52-42(58-39)19-45(47)18-36(45)32-10-12-50-37-16-27(3-7-33(32)37)43-34(8-5-30(20-48)54-43)38-22-51-41(57-38)15-26-2-4-29(46)14-26/h3,5-13,16-17,22-24,26,29,36H,2,4,14-15,18-19H2,1H3/t26-,29+,36?,45?/m1/s1. The highest BCUT2D eigenvalue weighted by atomic mass is 19.1. The summed E-state index contributed by atoms with van der Waals surface area (Å²) < 4.78 is 44.7. The Balaban J connectivity index is 0.909. The maximum atomic E-state index is 16.6. The summed E-state index contributed by atoms with van der Waals surface area (Å²) in [4.78, 5) is 27.4. The second-order valence-corrected chi connectivity index (χ2v) is 15.3. The van der Waals surface area contributed by atoms with Crippen LogP contribution in [-0.2, 0) is 12.8 Å². The van der Waals surface area contributed by atoms with Crippen molar-refractivity contribution in [2.45, 2.75) is 63.2 Å². The minimum absolute atomic E-state index is 0.0274. The molecule has 2 saturated carbocycles. The minimum atomic E-state index is -1.59. The van der Waals surface area contributed by atoms with Gasteiger partial charge in [-0.15, -0.1) is 0 Å². The maximum Gasteiger partial charge on any atom is 0.198 e. The first kappa shape index (κ1) is 35.3. The lowest BCUT2D eigenvalue weighted by atomic mass is 9.98. The number of oxazole rings is 2. The summed E-state index contributed by atoms with van der Waals surface area (Å²) in [6, 6.07) is 22.4. The van der Waals surface area contributed by atoms with Crippen LogP contribution in [0.4, 0.5) is 8.78 Å². The Morgan fingerprint density at radius 3 is 2.24 bits per heavy atom. The van der Waals surface area contributed by atoms with Crippen molar-refractivity contribution in [3.8, 4) is 57.3 Å². The second kappa shape index (κ2) is 13.8. The van der Waals surface area contributed by atoms with Crippen LogP contribution in [0.15, 0.2) is 100 Å². The van der Waals surface area contributed by atoms with Gasteiger partial charge in [0.25, 0.3) is 0 Å². The maximum absolute atomic E-state index is 16.6. The quantitative estimate of drug-likeness (QED) is 0.139. The van der Waals surface area contributed by atoms with Crippen LogP contribution in [0.25, 0.3) is 61.7 Å². The number of hydrogen-bond acceptors (Lipinski definition) is 10. The highest BCUT2D eigenvalue weighted by Gasteiger charge is 2.57. The average molecular weight is 770 g/mol.